The zero-order valence-electron chi connectivity index (χ0n) is 11.8. The van der Waals surface area contributed by atoms with Crippen LogP contribution in [0, 0.1) is 5.82 Å². The first kappa shape index (κ1) is 15.0. The van der Waals surface area contributed by atoms with Gasteiger partial charge in [0.15, 0.2) is 0 Å². The summed E-state index contributed by atoms with van der Waals surface area (Å²) in [7, 11) is 1.35. The number of fused-ring (bicyclic) bond motifs is 1. The molecule has 6 heteroatoms. The van der Waals surface area contributed by atoms with Gasteiger partial charge < -0.3 is 9.30 Å². The van der Waals surface area contributed by atoms with Crippen LogP contribution in [0.4, 0.5) is 4.39 Å². The SMILES string of the molecule is COC(=O)C1CCn2c1cc(Br)c2C(=O)c1ccc(F)cc1. The van der Waals surface area contributed by atoms with Gasteiger partial charge in [-0.1, -0.05) is 0 Å². The Hall–Kier alpha value is -1.95. The minimum absolute atomic E-state index is 0.205. The van der Waals surface area contributed by atoms with E-state index in [9.17, 15) is 14.0 Å². The minimum atomic E-state index is -0.387. The van der Waals surface area contributed by atoms with Crippen LogP contribution in [0.15, 0.2) is 34.8 Å². The van der Waals surface area contributed by atoms with Gasteiger partial charge in [0.25, 0.3) is 0 Å². The van der Waals surface area contributed by atoms with E-state index in [2.05, 4.69) is 15.9 Å². The highest BCUT2D eigenvalue weighted by Gasteiger charge is 2.34. The van der Waals surface area contributed by atoms with Crippen molar-refractivity contribution in [2.75, 3.05) is 7.11 Å². The maximum Gasteiger partial charge on any atom is 0.314 e. The van der Waals surface area contributed by atoms with Gasteiger partial charge in [0.1, 0.15) is 11.5 Å². The average Bonchev–Trinajstić information content (AvgIpc) is 3.04. The molecule has 2 aromatic rings. The van der Waals surface area contributed by atoms with Gasteiger partial charge in [0.2, 0.25) is 5.78 Å². The molecule has 0 N–H and O–H groups in total. The molecule has 22 heavy (non-hydrogen) atoms. The lowest BCUT2D eigenvalue weighted by Gasteiger charge is -2.07. The molecule has 3 rings (SSSR count). The first-order valence-electron chi connectivity index (χ1n) is 6.80. The number of methoxy groups -OCH3 is 1. The second-order valence-electron chi connectivity index (χ2n) is 5.12. The molecule has 0 spiro atoms. The Balaban J connectivity index is 2.01. The smallest absolute Gasteiger partial charge is 0.314 e. The summed E-state index contributed by atoms with van der Waals surface area (Å²) in [5.74, 6) is -1.24. The molecule has 0 radical (unpaired) electrons. The molecule has 0 saturated heterocycles. The summed E-state index contributed by atoms with van der Waals surface area (Å²) in [6.45, 7) is 0.572. The molecule has 0 bridgehead atoms. The van der Waals surface area contributed by atoms with Crippen molar-refractivity contribution in [3.63, 3.8) is 0 Å². The lowest BCUT2D eigenvalue weighted by molar-refractivity contribution is -0.142. The molecule has 1 aliphatic rings. The summed E-state index contributed by atoms with van der Waals surface area (Å²) < 4.78 is 20.3. The standard InChI is InChI=1S/C16H13BrFNO3/c1-22-16(21)11-6-7-19-13(11)8-12(17)14(19)15(20)9-2-4-10(18)5-3-9/h2-5,8,11H,6-7H2,1H3. The number of aromatic nitrogens is 1. The molecule has 0 fully saturated rings. The van der Waals surface area contributed by atoms with Gasteiger partial charge in [0.05, 0.1) is 13.0 Å². The number of ketones is 1. The van der Waals surface area contributed by atoms with Crippen molar-refractivity contribution in [2.24, 2.45) is 0 Å². The number of nitrogens with zero attached hydrogens (tertiary/aromatic N) is 1. The molecule has 1 aromatic heterocycles. The van der Waals surface area contributed by atoms with Gasteiger partial charge in [-0.3, -0.25) is 9.59 Å². The third-order valence-electron chi connectivity index (χ3n) is 3.89. The molecule has 1 atom stereocenters. The number of benzene rings is 1. The molecule has 114 valence electrons. The third-order valence-corrected chi connectivity index (χ3v) is 4.49. The van der Waals surface area contributed by atoms with E-state index >= 15 is 0 Å². The average molecular weight is 366 g/mol. The third kappa shape index (κ3) is 2.37. The van der Waals surface area contributed by atoms with Crippen LogP contribution in [0.25, 0.3) is 0 Å². The van der Waals surface area contributed by atoms with E-state index in [1.807, 2.05) is 4.57 Å². The van der Waals surface area contributed by atoms with Gasteiger partial charge >= 0.3 is 5.97 Å². The molecule has 0 aliphatic carbocycles. The number of hydrogen-bond donors (Lipinski definition) is 0. The number of esters is 1. The Morgan fingerprint density at radius 3 is 2.64 bits per heavy atom. The summed E-state index contributed by atoms with van der Waals surface area (Å²) in [6.07, 6.45) is 0.610. The quantitative estimate of drug-likeness (QED) is 0.619. The van der Waals surface area contributed by atoms with Crippen molar-refractivity contribution in [3.8, 4) is 0 Å². The fraction of sp³-hybridized carbons (Fsp3) is 0.250. The lowest BCUT2D eigenvalue weighted by atomic mass is 10.1. The summed E-state index contributed by atoms with van der Waals surface area (Å²) in [6, 6.07) is 7.21. The van der Waals surface area contributed by atoms with Crippen molar-refractivity contribution in [1.82, 2.24) is 4.57 Å². The van der Waals surface area contributed by atoms with Crippen molar-refractivity contribution in [1.29, 1.82) is 0 Å². The number of ether oxygens (including phenoxy) is 1. The predicted octanol–water partition coefficient (Wildman–Crippen LogP) is 3.28. The Morgan fingerprint density at radius 2 is 2.00 bits per heavy atom. The normalized spacial score (nSPS) is 16.4. The van der Waals surface area contributed by atoms with Crippen molar-refractivity contribution >= 4 is 27.7 Å². The Bertz CT molecular complexity index is 751. The minimum Gasteiger partial charge on any atom is -0.469 e. The molecule has 1 aliphatic heterocycles. The molecular formula is C16H13BrFNO3. The van der Waals surface area contributed by atoms with Crippen LogP contribution >= 0.6 is 15.9 Å². The summed E-state index contributed by atoms with van der Waals surface area (Å²) >= 11 is 3.39. The zero-order chi connectivity index (χ0) is 15.9. The lowest BCUT2D eigenvalue weighted by Crippen LogP contribution is -2.12. The summed E-state index contributed by atoms with van der Waals surface area (Å²) in [5.41, 5.74) is 1.65. The van der Waals surface area contributed by atoms with Gasteiger partial charge in [-0.25, -0.2) is 4.39 Å². The van der Waals surface area contributed by atoms with Crippen LogP contribution in [0.3, 0.4) is 0 Å². The fourth-order valence-electron chi connectivity index (χ4n) is 2.82. The summed E-state index contributed by atoms with van der Waals surface area (Å²) in [4.78, 5) is 24.5. The Labute approximate surface area is 135 Å². The highest BCUT2D eigenvalue weighted by atomic mass is 79.9. The molecule has 2 heterocycles. The number of halogens is 2. The van der Waals surface area contributed by atoms with Crippen molar-refractivity contribution in [3.05, 3.63) is 57.6 Å². The second-order valence-corrected chi connectivity index (χ2v) is 5.97. The van der Waals surface area contributed by atoms with Crippen LogP contribution in [0.5, 0.6) is 0 Å². The van der Waals surface area contributed by atoms with Gasteiger partial charge in [-0.2, -0.15) is 0 Å². The highest BCUT2D eigenvalue weighted by molar-refractivity contribution is 9.10. The zero-order valence-corrected chi connectivity index (χ0v) is 13.4. The summed E-state index contributed by atoms with van der Waals surface area (Å²) in [5, 5.41) is 0. The predicted molar refractivity (Wildman–Crippen MR) is 81.3 cm³/mol. The van der Waals surface area contributed by atoms with Crippen LogP contribution in [-0.4, -0.2) is 23.4 Å². The van der Waals surface area contributed by atoms with Crippen LogP contribution in [-0.2, 0) is 16.1 Å². The van der Waals surface area contributed by atoms with E-state index < -0.39 is 0 Å². The maximum absolute atomic E-state index is 13.0. The number of carbonyl (C=O) groups excluding carboxylic acids is 2. The van der Waals surface area contributed by atoms with Crippen LogP contribution in [0.1, 0.15) is 34.1 Å². The van der Waals surface area contributed by atoms with Crippen molar-refractivity contribution < 1.29 is 18.7 Å². The van der Waals surface area contributed by atoms with Gasteiger partial charge in [-0.15, -0.1) is 0 Å². The van der Waals surface area contributed by atoms with E-state index in [0.717, 1.165) is 5.69 Å². The molecular weight excluding hydrogens is 353 g/mol. The van der Waals surface area contributed by atoms with Crippen LogP contribution < -0.4 is 0 Å². The Kier molecular flexibility index (Phi) is 3.87. The Morgan fingerprint density at radius 1 is 1.32 bits per heavy atom. The number of carbonyl (C=O) groups is 2. The van der Waals surface area contributed by atoms with E-state index in [0.29, 0.717) is 28.7 Å². The second kappa shape index (κ2) is 5.68. The first-order valence-corrected chi connectivity index (χ1v) is 7.59. The molecule has 1 unspecified atom stereocenters. The molecule has 1 aromatic carbocycles. The molecule has 0 saturated carbocycles. The van der Waals surface area contributed by atoms with E-state index in [4.69, 9.17) is 4.74 Å². The fourth-order valence-corrected chi connectivity index (χ4v) is 3.45. The highest BCUT2D eigenvalue weighted by Crippen LogP contribution is 2.36. The van der Waals surface area contributed by atoms with E-state index in [-0.39, 0.29) is 23.5 Å². The van der Waals surface area contributed by atoms with Crippen molar-refractivity contribution in [2.45, 2.75) is 18.9 Å². The largest absolute Gasteiger partial charge is 0.469 e. The van der Waals surface area contributed by atoms with E-state index in [1.54, 1.807) is 6.07 Å². The molecule has 4 nitrogen and oxygen atoms in total. The van der Waals surface area contributed by atoms with Gasteiger partial charge in [0, 0.05) is 22.3 Å². The molecule has 0 amide bonds. The maximum atomic E-state index is 13.0. The van der Waals surface area contributed by atoms with Gasteiger partial charge in [-0.05, 0) is 52.7 Å². The van der Waals surface area contributed by atoms with Crippen LogP contribution in [0.2, 0.25) is 0 Å². The monoisotopic (exact) mass is 365 g/mol. The first-order chi connectivity index (χ1) is 10.5. The number of rotatable bonds is 3. The topological polar surface area (TPSA) is 48.3 Å². The number of hydrogen-bond acceptors (Lipinski definition) is 3. The van der Waals surface area contributed by atoms with E-state index in [1.165, 1.54) is 31.4 Å².